The van der Waals surface area contributed by atoms with Gasteiger partial charge in [0.1, 0.15) is 6.54 Å². The average Bonchev–Trinajstić information content (AvgIpc) is 3.07. The molecule has 6 heteroatoms. The third-order valence-electron chi connectivity index (χ3n) is 5.07. The highest BCUT2D eigenvalue weighted by Crippen LogP contribution is 2.37. The van der Waals surface area contributed by atoms with Gasteiger partial charge in [-0.1, -0.05) is 28.1 Å². The van der Waals surface area contributed by atoms with Crippen molar-refractivity contribution in [2.45, 2.75) is 26.2 Å². The maximum atomic E-state index is 13.1. The summed E-state index contributed by atoms with van der Waals surface area (Å²) in [6, 6.07) is 13.2. The van der Waals surface area contributed by atoms with E-state index in [2.05, 4.69) is 21.2 Å². The van der Waals surface area contributed by atoms with Gasteiger partial charge >= 0.3 is 0 Å². The van der Waals surface area contributed by atoms with Gasteiger partial charge in [-0.15, -0.1) is 0 Å². The number of benzene rings is 2. The smallest absolute Gasteiger partial charge is 0.244 e. The van der Waals surface area contributed by atoms with Gasteiger partial charge in [-0.25, -0.2) is 0 Å². The lowest BCUT2D eigenvalue weighted by molar-refractivity contribution is -0.122. The molecule has 1 aliphatic carbocycles. The van der Waals surface area contributed by atoms with Crippen LogP contribution in [0.2, 0.25) is 0 Å². The number of amides is 2. The van der Waals surface area contributed by atoms with E-state index < -0.39 is 0 Å². The first-order chi connectivity index (χ1) is 13.0. The third kappa shape index (κ3) is 3.54. The Morgan fingerprint density at radius 3 is 2.93 bits per heavy atom. The summed E-state index contributed by atoms with van der Waals surface area (Å²) in [5.41, 5.74) is 4.16. The van der Waals surface area contributed by atoms with Crippen LogP contribution in [0.15, 0.2) is 51.9 Å². The third-order valence-corrected chi connectivity index (χ3v) is 5.96. The molecule has 1 heterocycles. The molecule has 1 atom stereocenters. The van der Waals surface area contributed by atoms with Crippen molar-refractivity contribution in [3.05, 3.63) is 52.5 Å². The fourth-order valence-corrected chi connectivity index (χ4v) is 3.95. The van der Waals surface area contributed by atoms with Crippen LogP contribution >= 0.6 is 15.9 Å². The van der Waals surface area contributed by atoms with Crippen LogP contribution in [0.1, 0.15) is 24.8 Å². The van der Waals surface area contributed by atoms with E-state index in [-0.39, 0.29) is 24.3 Å². The van der Waals surface area contributed by atoms with Crippen molar-refractivity contribution in [1.29, 1.82) is 0 Å². The maximum Gasteiger partial charge on any atom is 0.244 e. The largest absolute Gasteiger partial charge is 0.325 e. The molecule has 5 nitrogen and oxygen atoms in total. The van der Waals surface area contributed by atoms with Crippen LogP contribution in [0.5, 0.6) is 0 Å². The van der Waals surface area contributed by atoms with E-state index in [0.717, 1.165) is 40.7 Å². The lowest BCUT2D eigenvalue weighted by Gasteiger charge is -2.24. The summed E-state index contributed by atoms with van der Waals surface area (Å²) in [4.78, 5) is 32.1. The van der Waals surface area contributed by atoms with Gasteiger partial charge in [0.15, 0.2) is 0 Å². The van der Waals surface area contributed by atoms with Crippen LogP contribution in [-0.4, -0.2) is 24.1 Å². The molecule has 0 saturated heterocycles. The Hall–Kier alpha value is -2.47. The number of anilines is 2. The summed E-state index contributed by atoms with van der Waals surface area (Å²) in [6.07, 6.45) is 2.62. The lowest BCUT2D eigenvalue weighted by atomic mass is 10.1. The lowest BCUT2D eigenvalue weighted by Crippen LogP contribution is -2.41. The minimum atomic E-state index is -0.221. The Bertz CT molecular complexity index is 954. The minimum absolute atomic E-state index is 0.0236. The molecule has 1 saturated carbocycles. The van der Waals surface area contributed by atoms with E-state index in [9.17, 15) is 9.59 Å². The van der Waals surface area contributed by atoms with Crippen LogP contribution in [0, 0.1) is 12.8 Å². The molecular formula is C21H20BrN3O2. The highest BCUT2D eigenvalue weighted by molar-refractivity contribution is 9.10. The molecule has 0 bridgehead atoms. The van der Waals surface area contributed by atoms with Gasteiger partial charge in [0, 0.05) is 15.9 Å². The molecule has 4 rings (SSSR count). The number of hydrogen-bond acceptors (Lipinski definition) is 3. The number of hydrogen-bond donors (Lipinski definition) is 1. The minimum Gasteiger partial charge on any atom is -0.325 e. The van der Waals surface area contributed by atoms with Crippen LogP contribution in [0.25, 0.3) is 0 Å². The number of halogens is 1. The first-order valence-corrected chi connectivity index (χ1v) is 9.86. The normalized spacial score (nSPS) is 18.4. The molecule has 0 radical (unpaired) electrons. The zero-order chi connectivity index (χ0) is 19.0. The Kier molecular flexibility index (Phi) is 4.83. The maximum absolute atomic E-state index is 13.1. The topological polar surface area (TPSA) is 61.8 Å². The Morgan fingerprint density at radius 1 is 1.30 bits per heavy atom. The van der Waals surface area contributed by atoms with Gasteiger partial charge in [-0.3, -0.25) is 14.6 Å². The molecule has 2 aliphatic rings. The molecule has 2 aromatic carbocycles. The van der Waals surface area contributed by atoms with Crippen molar-refractivity contribution in [3.8, 4) is 0 Å². The van der Waals surface area contributed by atoms with Gasteiger partial charge in [-0.05, 0) is 62.1 Å². The van der Waals surface area contributed by atoms with Gasteiger partial charge in [0.2, 0.25) is 11.8 Å². The highest BCUT2D eigenvalue weighted by atomic mass is 79.9. The Balaban J connectivity index is 1.59. The first kappa shape index (κ1) is 17.9. The van der Waals surface area contributed by atoms with Crippen molar-refractivity contribution < 1.29 is 9.59 Å². The van der Waals surface area contributed by atoms with E-state index in [1.54, 1.807) is 4.90 Å². The Labute approximate surface area is 166 Å². The Morgan fingerprint density at radius 2 is 2.11 bits per heavy atom. The van der Waals surface area contributed by atoms with Crippen molar-refractivity contribution >= 4 is 50.5 Å². The number of carbonyl (C=O) groups is 2. The van der Waals surface area contributed by atoms with Crippen LogP contribution in [0.3, 0.4) is 0 Å². The number of carbonyl (C=O) groups excluding carboxylic acids is 2. The van der Waals surface area contributed by atoms with Crippen molar-refractivity contribution in [2.75, 3.05) is 16.8 Å². The second-order valence-corrected chi connectivity index (χ2v) is 7.83. The molecule has 1 aliphatic heterocycles. The number of nitrogens with one attached hydrogen (secondary N) is 1. The molecule has 2 aromatic rings. The molecule has 138 valence electrons. The van der Waals surface area contributed by atoms with E-state index in [1.807, 2.05) is 49.4 Å². The summed E-state index contributed by atoms with van der Waals surface area (Å²) in [5, 5.41) is 2.90. The average molecular weight is 426 g/mol. The van der Waals surface area contributed by atoms with E-state index >= 15 is 0 Å². The summed E-state index contributed by atoms with van der Waals surface area (Å²) >= 11 is 3.46. The van der Waals surface area contributed by atoms with E-state index in [1.165, 1.54) is 0 Å². The van der Waals surface area contributed by atoms with Crippen molar-refractivity contribution in [2.24, 2.45) is 10.9 Å². The molecule has 0 spiro atoms. The van der Waals surface area contributed by atoms with Gasteiger partial charge < -0.3 is 10.2 Å². The SMILES string of the molecule is Cc1cc(NC(=O)CN2C(=O)C3CCCC3=Nc3ccccc32)ccc1Br. The van der Waals surface area contributed by atoms with Gasteiger partial charge in [0.25, 0.3) is 0 Å². The van der Waals surface area contributed by atoms with Gasteiger partial charge in [-0.2, -0.15) is 0 Å². The fraction of sp³-hybridized carbons (Fsp3) is 0.286. The molecule has 27 heavy (non-hydrogen) atoms. The second kappa shape index (κ2) is 7.27. The predicted molar refractivity (Wildman–Crippen MR) is 111 cm³/mol. The summed E-state index contributed by atoms with van der Waals surface area (Å²) in [5.74, 6) is -0.459. The monoisotopic (exact) mass is 425 g/mol. The molecule has 1 unspecified atom stereocenters. The molecule has 0 aromatic heterocycles. The zero-order valence-corrected chi connectivity index (χ0v) is 16.6. The van der Waals surface area contributed by atoms with Gasteiger partial charge in [0.05, 0.1) is 17.3 Å². The molecule has 1 N–H and O–H groups in total. The van der Waals surface area contributed by atoms with Crippen LogP contribution in [-0.2, 0) is 9.59 Å². The van der Waals surface area contributed by atoms with E-state index in [0.29, 0.717) is 11.4 Å². The molecule has 2 amide bonds. The standard InChI is InChI=1S/C21H20BrN3O2/c1-13-11-14(9-10-16(13)22)23-20(26)12-25-19-8-3-2-6-18(19)24-17-7-4-5-15(17)21(25)27/h2-3,6,8-11,15H,4-5,7,12H2,1H3,(H,23,26). The quantitative estimate of drug-likeness (QED) is 0.779. The number of para-hydroxylation sites is 2. The van der Waals surface area contributed by atoms with Crippen LogP contribution < -0.4 is 10.2 Å². The molecular weight excluding hydrogens is 406 g/mol. The van der Waals surface area contributed by atoms with Crippen LogP contribution in [0.4, 0.5) is 17.1 Å². The molecule has 1 fully saturated rings. The highest BCUT2D eigenvalue weighted by Gasteiger charge is 2.37. The summed E-state index contributed by atoms with van der Waals surface area (Å²) < 4.78 is 0.989. The number of fused-ring (bicyclic) bond motifs is 2. The summed E-state index contributed by atoms with van der Waals surface area (Å²) in [6.45, 7) is 1.94. The fourth-order valence-electron chi connectivity index (χ4n) is 3.71. The van der Waals surface area contributed by atoms with Crippen molar-refractivity contribution in [1.82, 2.24) is 0 Å². The van der Waals surface area contributed by atoms with Crippen molar-refractivity contribution in [3.63, 3.8) is 0 Å². The van der Waals surface area contributed by atoms with E-state index in [4.69, 9.17) is 4.99 Å². The zero-order valence-electron chi connectivity index (χ0n) is 15.0. The number of nitrogens with zero attached hydrogens (tertiary/aromatic N) is 2. The summed E-state index contributed by atoms with van der Waals surface area (Å²) in [7, 11) is 0. The second-order valence-electron chi connectivity index (χ2n) is 6.97. The number of aliphatic imine (C=N–C) groups is 1. The number of aryl methyl sites for hydroxylation is 1. The number of rotatable bonds is 3. The predicted octanol–water partition coefficient (Wildman–Crippen LogP) is 4.62. The first-order valence-electron chi connectivity index (χ1n) is 9.07.